The zero-order valence-corrected chi connectivity index (χ0v) is 21.7. The number of ether oxygens (including phenoxy) is 1. The van der Waals surface area contributed by atoms with E-state index in [0.29, 0.717) is 5.69 Å². The van der Waals surface area contributed by atoms with Crippen molar-refractivity contribution in [2.45, 2.75) is 6.54 Å². The first-order chi connectivity index (χ1) is 17.3. The molecule has 2 N–H and O–H groups in total. The van der Waals surface area contributed by atoms with E-state index in [0.717, 1.165) is 86.9 Å². The molecule has 9 nitrogen and oxygen atoms in total. The Labute approximate surface area is 212 Å². The largest absolute Gasteiger partial charge is 0.379 e. The van der Waals surface area contributed by atoms with Crippen molar-refractivity contribution in [2.24, 2.45) is 0 Å². The Balaban J connectivity index is 1.41. The Hall–Kier alpha value is -2.92. The summed E-state index contributed by atoms with van der Waals surface area (Å²) in [7, 11) is -1.33. The smallest absolute Gasteiger partial charge is 0.229 e. The highest BCUT2D eigenvalue weighted by Crippen LogP contribution is 2.33. The van der Waals surface area contributed by atoms with Gasteiger partial charge in [0.1, 0.15) is 0 Å². The minimum absolute atomic E-state index is 0.582. The van der Waals surface area contributed by atoms with Crippen molar-refractivity contribution in [3.05, 3.63) is 53.2 Å². The summed E-state index contributed by atoms with van der Waals surface area (Å²) in [4.78, 5) is 6.90. The van der Waals surface area contributed by atoms with Crippen LogP contribution in [-0.2, 0) is 21.3 Å². The summed E-state index contributed by atoms with van der Waals surface area (Å²) >= 11 is 0. The van der Waals surface area contributed by atoms with Gasteiger partial charge in [0.2, 0.25) is 10.0 Å². The molecule has 1 aromatic heterocycles. The van der Waals surface area contributed by atoms with Crippen molar-refractivity contribution in [2.75, 3.05) is 75.4 Å². The summed E-state index contributed by atoms with van der Waals surface area (Å²) in [5.74, 6) is 0. The van der Waals surface area contributed by atoms with Crippen LogP contribution in [0.15, 0.2) is 36.4 Å². The van der Waals surface area contributed by atoms with Crippen molar-refractivity contribution in [1.29, 1.82) is 0 Å². The van der Waals surface area contributed by atoms with Crippen molar-refractivity contribution < 1.29 is 13.2 Å². The van der Waals surface area contributed by atoms with Gasteiger partial charge in [-0.25, -0.2) is 8.42 Å². The molecule has 36 heavy (non-hydrogen) atoms. The Morgan fingerprint density at radius 1 is 1.06 bits per heavy atom. The molecule has 5 rings (SSSR count). The van der Waals surface area contributed by atoms with Gasteiger partial charge in [0, 0.05) is 51.2 Å². The van der Waals surface area contributed by atoms with E-state index in [4.69, 9.17) is 4.74 Å². The number of piperazine rings is 1. The third kappa shape index (κ3) is 6.07. The predicted octanol–water partition coefficient (Wildman–Crippen LogP) is 2.69. The number of hydrogen-bond acceptors (Lipinski definition) is 7. The van der Waals surface area contributed by atoms with Crippen LogP contribution in [-0.4, -0.2) is 94.2 Å². The highest BCUT2D eigenvalue weighted by molar-refractivity contribution is 7.92. The second kappa shape index (κ2) is 10.6. The SMILES string of the molecule is CN1CCN(c2cc3[nH]nc(/C=C/c4cccc(CN5CCOCC5)c4)c3cc2NS(C)(=O)=O)CC1. The molecule has 0 unspecified atom stereocenters. The van der Waals surface area contributed by atoms with E-state index in [-0.39, 0.29) is 0 Å². The van der Waals surface area contributed by atoms with Gasteiger partial charge < -0.3 is 14.5 Å². The number of benzene rings is 2. The summed E-state index contributed by atoms with van der Waals surface area (Å²) in [5.41, 5.74) is 5.46. The van der Waals surface area contributed by atoms with E-state index < -0.39 is 10.0 Å². The predicted molar refractivity (Wildman–Crippen MR) is 146 cm³/mol. The van der Waals surface area contributed by atoms with Gasteiger partial charge in [0.05, 0.1) is 42.1 Å². The molecule has 10 heteroatoms. The number of rotatable bonds is 7. The van der Waals surface area contributed by atoms with Gasteiger partial charge in [0.25, 0.3) is 0 Å². The molecular weight excluding hydrogens is 476 g/mol. The molecule has 3 heterocycles. The van der Waals surface area contributed by atoms with Crippen molar-refractivity contribution in [3.8, 4) is 0 Å². The molecule has 0 bridgehead atoms. The average Bonchev–Trinajstić information content (AvgIpc) is 3.24. The van der Waals surface area contributed by atoms with Crippen LogP contribution in [0.4, 0.5) is 11.4 Å². The number of fused-ring (bicyclic) bond motifs is 1. The number of nitrogens with one attached hydrogen (secondary N) is 2. The molecule has 2 saturated heterocycles. The van der Waals surface area contributed by atoms with E-state index in [1.54, 1.807) is 0 Å². The zero-order chi connectivity index (χ0) is 25.1. The van der Waals surface area contributed by atoms with Gasteiger partial charge in [-0.3, -0.25) is 14.7 Å². The van der Waals surface area contributed by atoms with Gasteiger partial charge in [-0.2, -0.15) is 5.10 Å². The maximum absolute atomic E-state index is 12.1. The molecule has 2 aliphatic heterocycles. The van der Waals surface area contributed by atoms with Crippen LogP contribution in [0.2, 0.25) is 0 Å². The van der Waals surface area contributed by atoms with Crippen LogP contribution < -0.4 is 9.62 Å². The normalized spacial score (nSPS) is 18.3. The number of sulfonamides is 1. The van der Waals surface area contributed by atoms with Crippen molar-refractivity contribution in [1.82, 2.24) is 20.0 Å². The summed E-state index contributed by atoms with van der Waals surface area (Å²) < 4.78 is 32.5. The van der Waals surface area contributed by atoms with E-state index in [1.165, 1.54) is 11.8 Å². The van der Waals surface area contributed by atoms with Crippen LogP contribution in [0, 0.1) is 0 Å². The maximum Gasteiger partial charge on any atom is 0.229 e. The van der Waals surface area contributed by atoms with Gasteiger partial charge in [-0.05, 0) is 36.4 Å². The zero-order valence-electron chi connectivity index (χ0n) is 20.9. The van der Waals surface area contributed by atoms with Gasteiger partial charge in [0.15, 0.2) is 0 Å². The van der Waals surface area contributed by atoms with Crippen LogP contribution in [0.1, 0.15) is 16.8 Å². The van der Waals surface area contributed by atoms with E-state index >= 15 is 0 Å². The Morgan fingerprint density at radius 3 is 2.58 bits per heavy atom. The first kappa shape index (κ1) is 24.8. The molecule has 0 aliphatic carbocycles. The molecule has 0 amide bonds. The summed E-state index contributed by atoms with van der Waals surface area (Å²) in [6.45, 7) is 7.93. The third-order valence-corrected chi connectivity index (χ3v) is 7.33. The van der Waals surface area contributed by atoms with E-state index in [1.807, 2.05) is 18.2 Å². The number of likely N-dealkylation sites (N-methyl/N-ethyl adjacent to an activating group) is 1. The van der Waals surface area contributed by atoms with Crippen LogP contribution in [0.5, 0.6) is 0 Å². The van der Waals surface area contributed by atoms with Gasteiger partial charge in [-0.1, -0.05) is 30.3 Å². The number of morpholine rings is 1. The molecule has 2 aromatic carbocycles. The standard InChI is InChI=1S/C26H34N6O3S/c1-30-8-10-32(11-9-30)26-18-24-22(17-25(26)29-36(2,33)34)23(27-28-24)7-6-20-4-3-5-21(16-20)19-31-12-14-35-15-13-31/h3-7,16-18,29H,8-15,19H2,1-2H3,(H,27,28)/b7-6+. The fraction of sp³-hybridized carbons (Fsp3) is 0.423. The minimum Gasteiger partial charge on any atom is -0.379 e. The van der Waals surface area contributed by atoms with Gasteiger partial charge in [-0.15, -0.1) is 0 Å². The monoisotopic (exact) mass is 510 g/mol. The summed E-state index contributed by atoms with van der Waals surface area (Å²) in [6, 6.07) is 12.4. The second-order valence-electron chi connectivity index (χ2n) is 9.66. The second-order valence-corrected chi connectivity index (χ2v) is 11.4. The van der Waals surface area contributed by atoms with Gasteiger partial charge >= 0.3 is 0 Å². The molecule has 2 aliphatic rings. The summed E-state index contributed by atoms with van der Waals surface area (Å²) in [6.07, 6.45) is 5.22. The third-order valence-electron chi connectivity index (χ3n) is 6.74. The molecular formula is C26H34N6O3S. The van der Waals surface area contributed by atoms with E-state index in [2.05, 4.69) is 67.0 Å². The molecule has 192 valence electrons. The lowest BCUT2D eigenvalue weighted by Gasteiger charge is -2.35. The molecule has 0 spiro atoms. The molecule has 2 fully saturated rings. The van der Waals surface area contributed by atoms with Crippen LogP contribution >= 0.6 is 0 Å². The average molecular weight is 511 g/mol. The number of aromatic nitrogens is 2. The minimum atomic E-state index is -3.43. The fourth-order valence-electron chi connectivity index (χ4n) is 4.78. The van der Waals surface area contributed by atoms with E-state index in [9.17, 15) is 8.42 Å². The lowest BCUT2D eigenvalue weighted by molar-refractivity contribution is 0.0342. The lowest BCUT2D eigenvalue weighted by atomic mass is 10.1. The van der Waals surface area contributed by atoms with Crippen molar-refractivity contribution in [3.63, 3.8) is 0 Å². The number of hydrogen-bond donors (Lipinski definition) is 2. The first-order valence-electron chi connectivity index (χ1n) is 12.3. The first-order valence-corrected chi connectivity index (χ1v) is 14.2. The quantitative estimate of drug-likeness (QED) is 0.505. The lowest BCUT2D eigenvalue weighted by Crippen LogP contribution is -2.44. The Morgan fingerprint density at radius 2 is 1.83 bits per heavy atom. The molecule has 0 saturated carbocycles. The maximum atomic E-state index is 12.1. The molecule has 0 atom stereocenters. The topological polar surface area (TPSA) is 93.8 Å². The van der Waals surface area contributed by atoms with Crippen LogP contribution in [0.3, 0.4) is 0 Å². The highest BCUT2D eigenvalue weighted by Gasteiger charge is 2.20. The highest BCUT2D eigenvalue weighted by atomic mass is 32.2. The fourth-order valence-corrected chi connectivity index (χ4v) is 5.34. The number of aromatic amines is 1. The Bertz CT molecular complexity index is 1340. The summed E-state index contributed by atoms with van der Waals surface area (Å²) in [5, 5.41) is 8.53. The van der Waals surface area contributed by atoms with Crippen molar-refractivity contribution >= 4 is 44.5 Å². The number of H-pyrrole nitrogens is 1. The number of anilines is 2. The number of nitrogens with zero attached hydrogens (tertiary/aromatic N) is 4. The van der Waals surface area contributed by atoms with Crippen LogP contribution in [0.25, 0.3) is 23.1 Å². The molecule has 3 aromatic rings. The Kier molecular flexibility index (Phi) is 7.29. The molecule has 0 radical (unpaired) electrons.